The number of rotatable bonds is 3. The third-order valence-corrected chi connectivity index (χ3v) is 4.25. The monoisotopic (exact) mass is 320 g/mol. The highest BCUT2D eigenvalue weighted by atomic mass is 19.4. The maximum absolute atomic E-state index is 12.6. The van der Waals surface area contributed by atoms with Crippen molar-refractivity contribution in [3.63, 3.8) is 0 Å². The van der Waals surface area contributed by atoms with Gasteiger partial charge in [-0.25, -0.2) is 0 Å². The zero-order chi connectivity index (χ0) is 16.3. The molecule has 1 aromatic carbocycles. The van der Waals surface area contributed by atoms with Gasteiger partial charge in [0.15, 0.2) is 0 Å². The van der Waals surface area contributed by atoms with Crippen LogP contribution in [0.25, 0.3) is 0 Å². The Morgan fingerprint density at radius 2 is 1.70 bits per heavy atom. The lowest BCUT2D eigenvalue weighted by Gasteiger charge is -2.22. The fourth-order valence-electron chi connectivity index (χ4n) is 2.96. The van der Waals surface area contributed by atoms with Gasteiger partial charge >= 0.3 is 6.18 Å². The Balaban J connectivity index is 1.72. The van der Waals surface area contributed by atoms with Crippen molar-refractivity contribution in [2.24, 2.45) is 0 Å². The van der Waals surface area contributed by atoms with E-state index >= 15 is 0 Å². The SMILES string of the molecule is FC(F)(F)c1ccc(Cc2cccc(C3CCNCC3)n2)cc1. The summed E-state index contributed by atoms with van der Waals surface area (Å²) >= 11 is 0. The summed E-state index contributed by atoms with van der Waals surface area (Å²) in [6.07, 6.45) is -1.57. The van der Waals surface area contributed by atoms with Crippen molar-refractivity contribution in [1.82, 2.24) is 10.3 Å². The predicted octanol–water partition coefficient (Wildman–Crippen LogP) is 4.16. The quantitative estimate of drug-likeness (QED) is 0.918. The molecule has 0 amide bonds. The Labute approximate surface area is 133 Å². The molecule has 5 heteroatoms. The molecule has 1 aromatic heterocycles. The molecule has 0 atom stereocenters. The number of hydrogen-bond donors (Lipinski definition) is 1. The van der Waals surface area contributed by atoms with Gasteiger partial charge in [-0.2, -0.15) is 13.2 Å². The third-order valence-electron chi connectivity index (χ3n) is 4.25. The molecule has 2 aromatic rings. The molecule has 1 fully saturated rings. The molecule has 1 N–H and O–H groups in total. The van der Waals surface area contributed by atoms with Crippen LogP contribution in [0.2, 0.25) is 0 Å². The molecular formula is C18H19F3N2. The van der Waals surface area contributed by atoms with Crippen LogP contribution in [0.1, 0.15) is 41.3 Å². The maximum Gasteiger partial charge on any atom is 0.416 e. The van der Waals surface area contributed by atoms with Crippen molar-refractivity contribution >= 4 is 0 Å². The van der Waals surface area contributed by atoms with Crippen molar-refractivity contribution in [1.29, 1.82) is 0 Å². The molecule has 2 nitrogen and oxygen atoms in total. The van der Waals surface area contributed by atoms with E-state index in [0.29, 0.717) is 12.3 Å². The van der Waals surface area contributed by atoms with Crippen LogP contribution in [-0.2, 0) is 12.6 Å². The van der Waals surface area contributed by atoms with Crippen molar-refractivity contribution in [2.75, 3.05) is 13.1 Å². The van der Waals surface area contributed by atoms with Gasteiger partial charge in [0, 0.05) is 23.7 Å². The molecule has 2 heterocycles. The van der Waals surface area contributed by atoms with Gasteiger partial charge in [-0.15, -0.1) is 0 Å². The van der Waals surface area contributed by atoms with E-state index in [9.17, 15) is 13.2 Å². The summed E-state index contributed by atoms with van der Waals surface area (Å²) < 4.78 is 37.8. The molecule has 1 saturated heterocycles. The van der Waals surface area contributed by atoms with Crippen LogP contribution < -0.4 is 5.32 Å². The van der Waals surface area contributed by atoms with Gasteiger partial charge in [0.05, 0.1) is 5.56 Å². The normalized spacial score (nSPS) is 16.5. The topological polar surface area (TPSA) is 24.9 Å². The Bertz CT molecular complexity index is 644. The highest BCUT2D eigenvalue weighted by molar-refractivity contribution is 5.28. The largest absolute Gasteiger partial charge is 0.416 e. The molecule has 1 aliphatic heterocycles. The maximum atomic E-state index is 12.6. The van der Waals surface area contributed by atoms with Crippen LogP contribution in [-0.4, -0.2) is 18.1 Å². The Morgan fingerprint density at radius 3 is 2.35 bits per heavy atom. The first kappa shape index (κ1) is 16.0. The number of halogens is 3. The summed E-state index contributed by atoms with van der Waals surface area (Å²) in [5, 5.41) is 3.34. The molecule has 122 valence electrons. The Kier molecular flexibility index (Phi) is 4.66. The van der Waals surface area contributed by atoms with E-state index in [1.165, 1.54) is 12.1 Å². The fourth-order valence-corrected chi connectivity index (χ4v) is 2.96. The van der Waals surface area contributed by atoms with Gasteiger partial charge in [-0.3, -0.25) is 4.98 Å². The number of piperidine rings is 1. The Hall–Kier alpha value is -1.88. The summed E-state index contributed by atoms with van der Waals surface area (Å²) in [5.74, 6) is 0.476. The molecule has 1 aliphatic rings. The van der Waals surface area contributed by atoms with Crippen LogP contribution in [0.15, 0.2) is 42.5 Å². The van der Waals surface area contributed by atoms with Crippen LogP contribution in [0.3, 0.4) is 0 Å². The minimum atomic E-state index is -4.29. The molecule has 0 radical (unpaired) electrons. The van der Waals surface area contributed by atoms with E-state index in [1.807, 2.05) is 18.2 Å². The summed E-state index contributed by atoms with van der Waals surface area (Å²) in [5.41, 5.74) is 2.22. The van der Waals surface area contributed by atoms with Crippen molar-refractivity contribution in [2.45, 2.75) is 31.4 Å². The first-order valence-electron chi connectivity index (χ1n) is 7.85. The minimum absolute atomic E-state index is 0.476. The number of nitrogens with one attached hydrogen (secondary N) is 1. The number of aromatic nitrogens is 1. The zero-order valence-corrected chi connectivity index (χ0v) is 12.7. The van der Waals surface area contributed by atoms with Crippen molar-refractivity contribution in [3.8, 4) is 0 Å². The third kappa shape index (κ3) is 4.10. The van der Waals surface area contributed by atoms with Gasteiger partial charge in [0.1, 0.15) is 0 Å². The lowest BCUT2D eigenvalue weighted by Crippen LogP contribution is -2.27. The molecule has 0 spiro atoms. The van der Waals surface area contributed by atoms with E-state index in [1.54, 1.807) is 0 Å². The number of alkyl halides is 3. The number of nitrogens with zero attached hydrogens (tertiary/aromatic N) is 1. The van der Waals surface area contributed by atoms with E-state index in [0.717, 1.165) is 55.0 Å². The van der Waals surface area contributed by atoms with Gasteiger partial charge in [0.25, 0.3) is 0 Å². The second-order valence-electron chi connectivity index (χ2n) is 5.95. The molecule has 0 saturated carbocycles. The number of hydrogen-bond acceptors (Lipinski definition) is 2. The second kappa shape index (κ2) is 6.71. The van der Waals surface area contributed by atoms with Crippen LogP contribution >= 0.6 is 0 Å². The molecule has 0 unspecified atom stereocenters. The first-order valence-corrected chi connectivity index (χ1v) is 7.85. The summed E-state index contributed by atoms with van der Waals surface area (Å²) in [4.78, 5) is 4.71. The van der Waals surface area contributed by atoms with Gasteiger partial charge in [-0.05, 0) is 55.8 Å². The standard InChI is InChI=1S/C18H19F3N2/c19-18(20,21)15-6-4-13(5-7-15)12-16-2-1-3-17(23-16)14-8-10-22-11-9-14/h1-7,14,22H,8-12H2. The average Bonchev–Trinajstić information content (AvgIpc) is 2.56. The number of benzene rings is 1. The zero-order valence-electron chi connectivity index (χ0n) is 12.7. The smallest absolute Gasteiger partial charge is 0.317 e. The first-order chi connectivity index (χ1) is 11.0. The molecule has 23 heavy (non-hydrogen) atoms. The van der Waals surface area contributed by atoms with Crippen LogP contribution in [0.5, 0.6) is 0 Å². The lowest BCUT2D eigenvalue weighted by molar-refractivity contribution is -0.137. The molecular weight excluding hydrogens is 301 g/mol. The molecule has 0 aliphatic carbocycles. The highest BCUT2D eigenvalue weighted by Gasteiger charge is 2.29. The van der Waals surface area contributed by atoms with Gasteiger partial charge in [-0.1, -0.05) is 18.2 Å². The summed E-state index contributed by atoms with van der Waals surface area (Å²) in [7, 11) is 0. The van der Waals surface area contributed by atoms with E-state index in [4.69, 9.17) is 4.98 Å². The summed E-state index contributed by atoms with van der Waals surface area (Å²) in [6, 6.07) is 11.3. The summed E-state index contributed by atoms with van der Waals surface area (Å²) in [6.45, 7) is 2.02. The lowest BCUT2D eigenvalue weighted by atomic mass is 9.94. The van der Waals surface area contributed by atoms with Gasteiger partial charge in [0.2, 0.25) is 0 Å². The fraction of sp³-hybridized carbons (Fsp3) is 0.389. The molecule has 3 rings (SSSR count). The number of pyridine rings is 1. The van der Waals surface area contributed by atoms with Crippen LogP contribution in [0.4, 0.5) is 13.2 Å². The highest BCUT2D eigenvalue weighted by Crippen LogP contribution is 2.29. The van der Waals surface area contributed by atoms with E-state index in [2.05, 4.69) is 5.32 Å². The van der Waals surface area contributed by atoms with Crippen LogP contribution in [0, 0.1) is 0 Å². The van der Waals surface area contributed by atoms with Crippen molar-refractivity contribution < 1.29 is 13.2 Å². The minimum Gasteiger partial charge on any atom is -0.317 e. The predicted molar refractivity (Wildman–Crippen MR) is 83.3 cm³/mol. The van der Waals surface area contributed by atoms with E-state index in [-0.39, 0.29) is 0 Å². The second-order valence-corrected chi connectivity index (χ2v) is 5.95. The van der Waals surface area contributed by atoms with Gasteiger partial charge < -0.3 is 5.32 Å². The van der Waals surface area contributed by atoms with Crippen molar-refractivity contribution in [3.05, 3.63) is 65.0 Å². The van der Waals surface area contributed by atoms with E-state index < -0.39 is 11.7 Å². The average molecular weight is 320 g/mol. The molecule has 0 bridgehead atoms. The Morgan fingerprint density at radius 1 is 1.00 bits per heavy atom.